The van der Waals surface area contributed by atoms with Crippen molar-refractivity contribution in [2.24, 2.45) is 5.92 Å². The fourth-order valence-corrected chi connectivity index (χ4v) is 2.81. The van der Waals surface area contributed by atoms with Gasteiger partial charge in [-0.15, -0.1) is 0 Å². The summed E-state index contributed by atoms with van der Waals surface area (Å²) in [4.78, 5) is 4.47. The zero-order valence-electron chi connectivity index (χ0n) is 11.7. The summed E-state index contributed by atoms with van der Waals surface area (Å²) in [5, 5.41) is 3.57. The molecule has 1 aliphatic rings. The molecule has 1 fully saturated rings. The summed E-state index contributed by atoms with van der Waals surface area (Å²) in [6.07, 6.45) is 6.39. The molecule has 0 aliphatic carbocycles. The highest BCUT2D eigenvalue weighted by molar-refractivity contribution is 4.98. The zero-order chi connectivity index (χ0) is 13.0. The van der Waals surface area contributed by atoms with Crippen molar-refractivity contribution in [3.05, 3.63) is 18.2 Å². The SMILES string of the molecule is CCNC(Cc1nccn1CC)C1OCCC1C. The average Bonchev–Trinajstić information content (AvgIpc) is 2.97. The summed E-state index contributed by atoms with van der Waals surface area (Å²) in [7, 11) is 0. The van der Waals surface area contributed by atoms with Crippen LogP contribution >= 0.6 is 0 Å². The molecule has 0 bridgehead atoms. The van der Waals surface area contributed by atoms with Crippen LogP contribution in [0.15, 0.2) is 12.4 Å². The highest BCUT2D eigenvalue weighted by Crippen LogP contribution is 2.24. The Morgan fingerprint density at radius 2 is 2.39 bits per heavy atom. The molecule has 1 aromatic heterocycles. The van der Waals surface area contributed by atoms with E-state index in [1.165, 1.54) is 6.42 Å². The maximum atomic E-state index is 5.90. The van der Waals surface area contributed by atoms with Gasteiger partial charge in [0.2, 0.25) is 0 Å². The highest BCUT2D eigenvalue weighted by Gasteiger charge is 2.32. The third kappa shape index (κ3) is 2.93. The molecular weight excluding hydrogens is 226 g/mol. The molecule has 102 valence electrons. The van der Waals surface area contributed by atoms with Crippen molar-refractivity contribution in [1.82, 2.24) is 14.9 Å². The highest BCUT2D eigenvalue weighted by atomic mass is 16.5. The normalized spacial score (nSPS) is 25.5. The van der Waals surface area contributed by atoms with E-state index in [1.54, 1.807) is 0 Å². The smallest absolute Gasteiger partial charge is 0.110 e. The first-order chi connectivity index (χ1) is 8.76. The number of ether oxygens (including phenoxy) is 1. The first-order valence-electron chi connectivity index (χ1n) is 7.11. The van der Waals surface area contributed by atoms with Gasteiger partial charge in [0.05, 0.1) is 6.10 Å². The first-order valence-corrected chi connectivity index (χ1v) is 7.11. The second-order valence-electron chi connectivity index (χ2n) is 5.10. The number of hydrogen-bond donors (Lipinski definition) is 1. The number of hydrogen-bond acceptors (Lipinski definition) is 3. The molecular formula is C14H25N3O. The average molecular weight is 251 g/mol. The van der Waals surface area contributed by atoms with E-state index in [-0.39, 0.29) is 0 Å². The maximum Gasteiger partial charge on any atom is 0.110 e. The molecule has 0 spiro atoms. The van der Waals surface area contributed by atoms with E-state index >= 15 is 0 Å². The first kappa shape index (κ1) is 13.6. The molecule has 0 radical (unpaired) electrons. The second-order valence-corrected chi connectivity index (χ2v) is 5.10. The molecule has 1 aliphatic heterocycles. The van der Waals surface area contributed by atoms with Crippen LogP contribution in [0.25, 0.3) is 0 Å². The predicted molar refractivity (Wildman–Crippen MR) is 72.6 cm³/mol. The summed E-state index contributed by atoms with van der Waals surface area (Å²) >= 11 is 0. The third-order valence-corrected chi connectivity index (χ3v) is 3.85. The van der Waals surface area contributed by atoms with Gasteiger partial charge in [0.1, 0.15) is 5.82 Å². The Morgan fingerprint density at radius 1 is 1.56 bits per heavy atom. The summed E-state index contributed by atoms with van der Waals surface area (Å²) in [5.41, 5.74) is 0. The molecule has 1 saturated heterocycles. The van der Waals surface area contributed by atoms with Crippen molar-refractivity contribution in [2.45, 2.75) is 52.3 Å². The minimum absolute atomic E-state index is 0.326. The van der Waals surface area contributed by atoms with Gasteiger partial charge in [-0.2, -0.15) is 0 Å². The van der Waals surface area contributed by atoms with Crippen molar-refractivity contribution in [2.75, 3.05) is 13.2 Å². The van der Waals surface area contributed by atoms with E-state index in [9.17, 15) is 0 Å². The molecule has 1 aromatic rings. The molecule has 2 heterocycles. The van der Waals surface area contributed by atoms with Crippen molar-refractivity contribution in [1.29, 1.82) is 0 Å². The van der Waals surface area contributed by atoms with Crippen LogP contribution in [-0.4, -0.2) is 34.8 Å². The summed E-state index contributed by atoms with van der Waals surface area (Å²) in [6, 6.07) is 0.375. The van der Waals surface area contributed by atoms with Gasteiger partial charge in [0, 0.05) is 38.0 Å². The van der Waals surface area contributed by atoms with E-state index in [1.807, 2.05) is 6.20 Å². The van der Waals surface area contributed by atoms with Gasteiger partial charge in [-0.1, -0.05) is 13.8 Å². The molecule has 0 saturated carbocycles. The van der Waals surface area contributed by atoms with Crippen molar-refractivity contribution in [3.63, 3.8) is 0 Å². The molecule has 3 unspecified atom stereocenters. The number of aromatic nitrogens is 2. The van der Waals surface area contributed by atoms with E-state index in [0.29, 0.717) is 18.1 Å². The van der Waals surface area contributed by atoms with E-state index in [0.717, 1.165) is 31.9 Å². The molecule has 0 amide bonds. The lowest BCUT2D eigenvalue weighted by Crippen LogP contribution is -2.44. The van der Waals surface area contributed by atoms with Crippen LogP contribution in [0.3, 0.4) is 0 Å². The number of likely N-dealkylation sites (N-methyl/N-ethyl adjacent to an activating group) is 1. The van der Waals surface area contributed by atoms with Crippen molar-refractivity contribution >= 4 is 0 Å². The maximum absolute atomic E-state index is 5.90. The van der Waals surface area contributed by atoms with Gasteiger partial charge in [-0.25, -0.2) is 4.98 Å². The number of imidazole rings is 1. The Kier molecular flexibility index (Phi) is 4.78. The van der Waals surface area contributed by atoms with Crippen LogP contribution in [-0.2, 0) is 17.7 Å². The number of nitrogens with one attached hydrogen (secondary N) is 1. The Morgan fingerprint density at radius 3 is 3.00 bits per heavy atom. The van der Waals surface area contributed by atoms with Gasteiger partial charge in [0.15, 0.2) is 0 Å². The molecule has 4 heteroatoms. The van der Waals surface area contributed by atoms with Crippen LogP contribution in [0.1, 0.15) is 33.0 Å². The Balaban J connectivity index is 2.06. The van der Waals surface area contributed by atoms with Gasteiger partial charge >= 0.3 is 0 Å². The lowest BCUT2D eigenvalue weighted by molar-refractivity contribution is 0.0606. The van der Waals surface area contributed by atoms with Crippen LogP contribution in [0.4, 0.5) is 0 Å². The zero-order valence-corrected chi connectivity index (χ0v) is 11.7. The van der Waals surface area contributed by atoms with Crippen molar-refractivity contribution < 1.29 is 4.74 Å². The molecule has 18 heavy (non-hydrogen) atoms. The van der Waals surface area contributed by atoms with E-state index < -0.39 is 0 Å². The Hall–Kier alpha value is -0.870. The molecule has 4 nitrogen and oxygen atoms in total. The van der Waals surface area contributed by atoms with Gasteiger partial charge in [0.25, 0.3) is 0 Å². The Bertz CT molecular complexity index is 364. The molecule has 2 rings (SSSR count). The fraction of sp³-hybridized carbons (Fsp3) is 0.786. The lowest BCUT2D eigenvalue weighted by atomic mass is 9.95. The Labute approximate surface area is 110 Å². The van der Waals surface area contributed by atoms with E-state index in [2.05, 4.69) is 41.8 Å². The fourth-order valence-electron chi connectivity index (χ4n) is 2.81. The monoisotopic (exact) mass is 251 g/mol. The topological polar surface area (TPSA) is 39.1 Å². The minimum atomic E-state index is 0.326. The van der Waals surface area contributed by atoms with Gasteiger partial charge in [-0.3, -0.25) is 0 Å². The van der Waals surface area contributed by atoms with Crippen LogP contribution in [0.5, 0.6) is 0 Å². The molecule has 1 N–H and O–H groups in total. The van der Waals surface area contributed by atoms with Gasteiger partial charge in [-0.05, 0) is 25.8 Å². The number of nitrogens with zero attached hydrogens (tertiary/aromatic N) is 2. The predicted octanol–water partition coefficient (Wildman–Crippen LogP) is 1.85. The molecule has 3 atom stereocenters. The summed E-state index contributed by atoms with van der Waals surface area (Å²) in [6.45, 7) is 9.45. The summed E-state index contributed by atoms with van der Waals surface area (Å²) < 4.78 is 8.11. The van der Waals surface area contributed by atoms with Gasteiger partial charge < -0.3 is 14.6 Å². The minimum Gasteiger partial charge on any atom is -0.376 e. The lowest BCUT2D eigenvalue weighted by Gasteiger charge is -2.26. The van der Waals surface area contributed by atoms with Crippen LogP contribution in [0.2, 0.25) is 0 Å². The number of rotatable bonds is 6. The quantitative estimate of drug-likeness (QED) is 0.838. The van der Waals surface area contributed by atoms with E-state index in [4.69, 9.17) is 4.74 Å². The standard InChI is InChI=1S/C14H25N3O/c1-4-15-12(14-11(3)6-9-18-14)10-13-16-7-8-17(13)5-2/h7-8,11-12,14-15H,4-6,9-10H2,1-3H3. The van der Waals surface area contributed by atoms with Crippen LogP contribution in [0, 0.1) is 5.92 Å². The summed E-state index contributed by atoms with van der Waals surface area (Å²) in [5.74, 6) is 1.80. The molecule has 0 aromatic carbocycles. The second kappa shape index (κ2) is 6.34. The number of aryl methyl sites for hydroxylation is 1. The third-order valence-electron chi connectivity index (χ3n) is 3.85. The van der Waals surface area contributed by atoms with Crippen LogP contribution < -0.4 is 5.32 Å². The van der Waals surface area contributed by atoms with Crippen molar-refractivity contribution in [3.8, 4) is 0 Å². The largest absolute Gasteiger partial charge is 0.376 e.